The molecule has 0 aliphatic rings. The van der Waals surface area contributed by atoms with Gasteiger partial charge in [-0.2, -0.15) is 0 Å². The van der Waals surface area contributed by atoms with Crippen LogP contribution in [0.2, 0.25) is 0 Å². The van der Waals surface area contributed by atoms with Crippen LogP contribution in [0, 0.1) is 0 Å². The van der Waals surface area contributed by atoms with E-state index in [1.54, 1.807) is 6.20 Å². The van der Waals surface area contributed by atoms with Gasteiger partial charge in [0.05, 0.1) is 5.69 Å². The molecule has 0 amide bonds. The topological polar surface area (TPSA) is 43.8 Å². The predicted molar refractivity (Wildman–Crippen MR) is 84.7 cm³/mol. The van der Waals surface area contributed by atoms with Crippen LogP contribution in [-0.2, 0) is 0 Å². The van der Waals surface area contributed by atoms with Crippen molar-refractivity contribution in [3.05, 3.63) is 59.0 Å². The molecule has 0 aliphatic heterocycles. The van der Waals surface area contributed by atoms with E-state index in [9.17, 15) is 0 Å². The smallest absolute Gasteiger partial charge is 0.145 e. The fraction of sp³-hybridized carbons (Fsp3) is 0. The van der Waals surface area contributed by atoms with Crippen molar-refractivity contribution < 1.29 is 0 Å². The number of nitrogens with two attached hydrogens (primary N) is 1. The highest BCUT2D eigenvalue weighted by Crippen LogP contribution is 2.27. The standard InChI is InChI=1S/C14H10BrN3S/c15-11-4-1-3-10-9(11)6-7-17-14(10)18-8-2-5-12(18)13(16)19/h1-8H,(H2,16,19). The van der Waals surface area contributed by atoms with Crippen molar-refractivity contribution in [2.75, 3.05) is 0 Å². The second-order valence-corrected chi connectivity index (χ2v) is 5.39. The first kappa shape index (κ1) is 12.3. The van der Waals surface area contributed by atoms with Crippen molar-refractivity contribution in [3.8, 4) is 5.82 Å². The van der Waals surface area contributed by atoms with Crippen LogP contribution in [0.5, 0.6) is 0 Å². The Morgan fingerprint density at radius 3 is 2.79 bits per heavy atom. The minimum atomic E-state index is 0.360. The molecule has 2 aromatic heterocycles. The van der Waals surface area contributed by atoms with Crippen molar-refractivity contribution in [1.82, 2.24) is 9.55 Å². The van der Waals surface area contributed by atoms with E-state index in [1.165, 1.54) is 0 Å². The van der Waals surface area contributed by atoms with E-state index < -0.39 is 0 Å². The second kappa shape index (κ2) is 4.75. The van der Waals surface area contributed by atoms with Crippen LogP contribution in [0.25, 0.3) is 16.6 Å². The van der Waals surface area contributed by atoms with Crippen LogP contribution >= 0.6 is 28.1 Å². The lowest BCUT2D eigenvalue weighted by Gasteiger charge is -2.10. The molecule has 2 N–H and O–H groups in total. The van der Waals surface area contributed by atoms with Crippen LogP contribution in [0.1, 0.15) is 5.69 Å². The summed E-state index contributed by atoms with van der Waals surface area (Å²) in [6.07, 6.45) is 3.70. The number of pyridine rings is 1. The van der Waals surface area contributed by atoms with Gasteiger partial charge in [-0.15, -0.1) is 0 Å². The van der Waals surface area contributed by atoms with E-state index in [-0.39, 0.29) is 0 Å². The lowest BCUT2D eigenvalue weighted by molar-refractivity contribution is 1.01. The Hall–Kier alpha value is -1.72. The molecule has 94 valence electrons. The number of hydrogen-bond acceptors (Lipinski definition) is 2. The third-order valence-electron chi connectivity index (χ3n) is 2.96. The first-order valence-electron chi connectivity index (χ1n) is 5.69. The van der Waals surface area contributed by atoms with E-state index in [4.69, 9.17) is 18.0 Å². The Morgan fingerprint density at radius 2 is 2.00 bits per heavy atom. The molecule has 5 heteroatoms. The van der Waals surface area contributed by atoms with Gasteiger partial charge in [0.1, 0.15) is 10.8 Å². The van der Waals surface area contributed by atoms with Gasteiger partial charge in [0, 0.05) is 27.6 Å². The summed E-state index contributed by atoms with van der Waals surface area (Å²) in [5.74, 6) is 0.826. The van der Waals surface area contributed by atoms with Crippen molar-refractivity contribution in [2.24, 2.45) is 5.73 Å². The molecule has 0 fully saturated rings. The van der Waals surface area contributed by atoms with Crippen LogP contribution < -0.4 is 5.73 Å². The molecule has 2 heterocycles. The zero-order valence-corrected chi connectivity index (χ0v) is 12.3. The van der Waals surface area contributed by atoms with Crippen molar-refractivity contribution in [1.29, 1.82) is 0 Å². The predicted octanol–water partition coefficient (Wildman–Crippen LogP) is 3.42. The molecule has 0 saturated heterocycles. The first-order chi connectivity index (χ1) is 9.18. The average Bonchev–Trinajstić information content (AvgIpc) is 2.88. The molecule has 0 saturated carbocycles. The molecule has 0 radical (unpaired) electrons. The molecular formula is C14H10BrN3S. The average molecular weight is 332 g/mol. The second-order valence-electron chi connectivity index (χ2n) is 4.10. The maximum atomic E-state index is 5.74. The van der Waals surface area contributed by atoms with Crippen LogP contribution in [0.4, 0.5) is 0 Å². The Kier molecular flexibility index (Phi) is 3.08. The highest BCUT2D eigenvalue weighted by molar-refractivity contribution is 9.10. The zero-order chi connectivity index (χ0) is 13.4. The highest BCUT2D eigenvalue weighted by Gasteiger charge is 2.10. The van der Waals surface area contributed by atoms with Gasteiger partial charge in [0.2, 0.25) is 0 Å². The summed E-state index contributed by atoms with van der Waals surface area (Å²) in [5, 5.41) is 2.15. The summed E-state index contributed by atoms with van der Waals surface area (Å²) in [6, 6.07) is 11.8. The molecule has 0 unspecified atom stereocenters. The van der Waals surface area contributed by atoms with Gasteiger partial charge in [-0.3, -0.25) is 4.57 Å². The van der Waals surface area contributed by atoms with Crippen molar-refractivity contribution in [2.45, 2.75) is 0 Å². The Labute approximate surface area is 124 Å². The molecule has 0 aliphatic carbocycles. The van der Waals surface area contributed by atoms with Crippen LogP contribution in [-0.4, -0.2) is 14.5 Å². The molecule has 3 aromatic rings. The van der Waals surface area contributed by atoms with Gasteiger partial charge >= 0.3 is 0 Å². The number of nitrogens with zero attached hydrogens (tertiary/aromatic N) is 2. The van der Waals surface area contributed by atoms with Gasteiger partial charge in [-0.05, 0) is 24.3 Å². The van der Waals surface area contributed by atoms with Gasteiger partial charge in [-0.1, -0.05) is 40.3 Å². The third-order valence-corrected chi connectivity index (χ3v) is 3.86. The molecule has 0 spiro atoms. The summed E-state index contributed by atoms with van der Waals surface area (Å²) in [4.78, 5) is 4.82. The molecule has 0 atom stereocenters. The minimum absolute atomic E-state index is 0.360. The molecule has 0 bridgehead atoms. The monoisotopic (exact) mass is 331 g/mol. The number of thiocarbonyl (C=S) groups is 1. The SMILES string of the molecule is NC(=S)c1cccn1-c1nccc2c(Br)cccc12. The summed E-state index contributed by atoms with van der Waals surface area (Å²) in [7, 11) is 0. The van der Waals surface area contributed by atoms with Gasteiger partial charge in [-0.25, -0.2) is 4.98 Å². The maximum absolute atomic E-state index is 5.74. The summed E-state index contributed by atoms with van der Waals surface area (Å²) in [5.41, 5.74) is 6.53. The molecular weight excluding hydrogens is 322 g/mol. The molecule has 19 heavy (non-hydrogen) atoms. The van der Waals surface area contributed by atoms with E-state index in [2.05, 4.69) is 20.9 Å². The Balaban J connectivity index is 2.34. The first-order valence-corrected chi connectivity index (χ1v) is 6.89. The third kappa shape index (κ3) is 2.05. The zero-order valence-electron chi connectivity index (χ0n) is 9.88. The Bertz CT molecular complexity index is 779. The van der Waals surface area contributed by atoms with E-state index in [1.807, 2.05) is 47.2 Å². The normalized spacial score (nSPS) is 10.8. The number of benzene rings is 1. The largest absolute Gasteiger partial charge is 0.388 e. The van der Waals surface area contributed by atoms with Gasteiger partial charge in [0.15, 0.2) is 0 Å². The fourth-order valence-corrected chi connectivity index (χ4v) is 2.78. The summed E-state index contributed by atoms with van der Waals surface area (Å²) >= 11 is 8.63. The minimum Gasteiger partial charge on any atom is -0.388 e. The summed E-state index contributed by atoms with van der Waals surface area (Å²) < 4.78 is 2.95. The van der Waals surface area contributed by atoms with Crippen LogP contribution in [0.15, 0.2) is 53.3 Å². The van der Waals surface area contributed by atoms with E-state index in [0.29, 0.717) is 4.99 Å². The summed E-state index contributed by atoms with van der Waals surface area (Å²) in [6.45, 7) is 0. The fourth-order valence-electron chi connectivity index (χ4n) is 2.11. The molecule has 3 nitrogen and oxygen atoms in total. The maximum Gasteiger partial charge on any atom is 0.145 e. The van der Waals surface area contributed by atoms with E-state index in [0.717, 1.165) is 26.8 Å². The number of halogens is 1. The van der Waals surface area contributed by atoms with Crippen molar-refractivity contribution >= 4 is 43.9 Å². The lowest BCUT2D eigenvalue weighted by atomic mass is 10.1. The van der Waals surface area contributed by atoms with Crippen LogP contribution in [0.3, 0.4) is 0 Å². The quantitative estimate of drug-likeness (QED) is 0.732. The van der Waals surface area contributed by atoms with Crippen molar-refractivity contribution in [3.63, 3.8) is 0 Å². The number of aromatic nitrogens is 2. The van der Waals surface area contributed by atoms with Gasteiger partial charge < -0.3 is 5.73 Å². The number of hydrogen-bond donors (Lipinski definition) is 1. The lowest BCUT2D eigenvalue weighted by Crippen LogP contribution is -2.15. The molecule has 3 rings (SSSR count). The van der Waals surface area contributed by atoms with E-state index >= 15 is 0 Å². The molecule has 1 aromatic carbocycles. The number of rotatable bonds is 2. The highest BCUT2D eigenvalue weighted by atomic mass is 79.9. The number of fused-ring (bicyclic) bond motifs is 1. The Morgan fingerprint density at radius 1 is 1.16 bits per heavy atom. The van der Waals surface area contributed by atoms with Gasteiger partial charge in [0.25, 0.3) is 0 Å².